The molecule has 109 heavy (non-hydrogen) atoms. The summed E-state index contributed by atoms with van der Waals surface area (Å²) in [6.07, 6.45) is -9.24. The number of carbonyl (C=O) groups excluding carboxylic acids is 12. The van der Waals surface area contributed by atoms with E-state index in [9.17, 15) is 41.0 Å². The van der Waals surface area contributed by atoms with Gasteiger partial charge < -0.3 is 69.9 Å². The van der Waals surface area contributed by atoms with Gasteiger partial charge in [-0.3, -0.25) is 57.5 Å². The number of halogens is 7. The summed E-state index contributed by atoms with van der Waals surface area (Å²) >= 11 is 6.15. The van der Waals surface area contributed by atoms with Crippen molar-refractivity contribution in [3.8, 4) is 0 Å². The lowest BCUT2D eigenvalue weighted by molar-refractivity contribution is -0.161. The van der Waals surface area contributed by atoms with Crippen molar-refractivity contribution in [3.63, 3.8) is 0 Å². The van der Waals surface area contributed by atoms with E-state index in [4.69, 9.17) is 16.3 Å². The van der Waals surface area contributed by atoms with Crippen molar-refractivity contribution in [2.24, 2.45) is 17.8 Å². The highest BCUT2D eigenvalue weighted by Gasteiger charge is 2.53. The number of amides is 12. The standard InChI is InChI=1S/C76H107ClF6N12O14/c1-12-31-93-59(39-48-20-24-50(25-21-48)75(78,79)80)68(103)87(7)43-60(97)84-54(27-23-47-22-26-52(53(77)38-47)76(81,82)83)67(102)95-42-51(96)40-57(95)65(100)86-74(29-16-17-30-74)73(108)91(11)63(49-18-14-15-19-49)72(107)90(10)58(69(104)92-33-35-109-36-34-92)41-61(98)89(9)56(37-44(3)4)64(99)85-62(45(5)13-2)71(106)88(8)46(6)66(101)94-32-28-55(94)70(93)105/h20-22,24-26,38,44-46,49,51,54-59,62-63,96H,12-19,23,27-37,39-43H2,1-11H3,(H,84,97)(H,85,99)(H,86,100)/t45-,46-,51-,54-,55-,56-,57-,58-,59-,62-,63-/m0/s1. The number of nitrogens with zero attached hydrogens (tertiary/aromatic N) is 9. The van der Waals surface area contributed by atoms with Crippen molar-refractivity contribution in [1.29, 1.82) is 0 Å². The summed E-state index contributed by atoms with van der Waals surface area (Å²) in [5.74, 6) is -10.8. The van der Waals surface area contributed by atoms with Gasteiger partial charge in [0.05, 0.1) is 48.4 Å². The second-order valence-electron chi connectivity index (χ2n) is 30.8. The number of aliphatic hydroxyl groups excluding tert-OH is 1. The molecule has 0 radical (unpaired) electrons. The first-order chi connectivity index (χ1) is 51.2. The van der Waals surface area contributed by atoms with E-state index in [0.717, 1.165) is 57.2 Å². The van der Waals surface area contributed by atoms with Gasteiger partial charge >= 0.3 is 12.4 Å². The first-order valence-electron chi connectivity index (χ1n) is 38.0. The Bertz CT molecular complexity index is 3650. The van der Waals surface area contributed by atoms with Crippen LogP contribution in [-0.2, 0) is 87.5 Å². The van der Waals surface area contributed by atoms with E-state index in [-0.39, 0.29) is 101 Å². The molecule has 0 bridgehead atoms. The number of morpholine rings is 1. The van der Waals surface area contributed by atoms with Gasteiger partial charge in [-0.05, 0) is 118 Å². The van der Waals surface area contributed by atoms with Crippen LogP contribution in [0.25, 0.3) is 0 Å². The van der Waals surface area contributed by atoms with Gasteiger partial charge in [0.1, 0.15) is 59.9 Å². The van der Waals surface area contributed by atoms with Crippen LogP contribution in [0, 0.1) is 17.8 Å². The van der Waals surface area contributed by atoms with Gasteiger partial charge in [0, 0.05) is 80.8 Å². The quantitative estimate of drug-likeness (QED) is 0.181. The van der Waals surface area contributed by atoms with Gasteiger partial charge in [-0.25, -0.2) is 0 Å². The number of rotatable bonds is 13. The van der Waals surface area contributed by atoms with Crippen molar-refractivity contribution in [2.45, 2.75) is 229 Å². The lowest BCUT2D eigenvalue weighted by Gasteiger charge is -2.46. The van der Waals surface area contributed by atoms with Crippen molar-refractivity contribution in [1.82, 2.24) is 60.0 Å². The number of hydrogen-bond acceptors (Lipinski definition) is 14. The molecule has 604 valence electrons. The Morgan fingerprint density at radius 1 is 0.688 bits per heavy atom. The molecule has 26 nitrogen and oxygen atoms in total. The molecule has 4 aliphatic heterocycles. The maximum atomic E-state index is 15.8. The summed E-state index contributed by atoms with van der Waals surface area (Å²) < 4.78 is 89.4. The number of fused-ring (bicyclic) bond motifs is 2. The predicted octanol–water partition coefficient (Wildman–Crippen LogP) is 5.45. The zero-order valence-corrected chi connectivity index (χ0v) is 64.9. The van der Waals surface area contributed by atoms with Gasteiger partial charge in [-0.1, -0.05) is 96.5 Å². The Morgan fingerprint density at radius 2 is 1.32 bits per heavy atom. The van der Waals surface area contributed by atoms with E-state index in [1.54, 1.807) is 20.8 Å². The Balaban J connectivity index is 1.22. The minimum Gasteiger partial charge on any atom is -0.391 e. The summed E-state index contributed by atoms with van der Waals surface area (Å²) in [7, 11) is 6.74. The number of alkyl halides is 6. The van der Waals surface area contributed by atoms with Crippen LogP contribution in [0.4, 0.5) is 26.3 Å². The molecule has 4 N–H and O–H groups in total. The van der Waals surface area contributed by atoms with Crippen LogP contribution in [-0.4, -0.2) is 274 Å². The van der Waals surface area contributed by atoms with E-state index in [1.165, 1.54) is 71.6 Å². The van der Waals surface area contributed by atoms with Crippen molar-refractivity contribution in [2.75, 3.05) is 87.7 Å². The van der Waals surface area contributed by atoms with Gasteiger partial charge in [-0.15, -0.1) is 0 Å². The maximum absolute atomic E-state index is 15.8. The third-order valence-corrected chi connectivity index (χ3v) is 23.1. The number of carbonyl (C=O) groups is 12. The molecular formula is C76H107ClF6N12O14. The molecule has 11 atom stereocenters. The lowest BCUT2D eigenvalue weighted by Crippen LogP contribution is -2.65. The number of likely N-dealkylation sites (N-methyl/N-ethyl adjacent to an activating group) is 5. The Labute approximate surface area is 637 Å². The number of benzene rings is 2. The van der Waals surface area contributed by atoms with E-state index in [0.29, 0.717) is 44.9 Å². The van der Waals surface area contributed by atoms with Crippen LogP contribution in [0.3, 0.4) is 0 Å². The first kappa shape index (κ1) is 86.5. The molecule has 2 aromatic carbocycles. The molecule has 1 spiro atoms. The minimum absolute atomic E-state index is 0.00298. The van der Waals surface area contributed by atoms with Gasteiger partial charge in [0.25, 0.3) is 0 Å². The highest BCUT2D eigenvalue weighted by Crippen LogP contribution is 2.39. The molecule has 0 aromatic heterocycles. The molecule has 2 aromatic rings. The fourth-order valence-corrected chi connectivity index (χ4v) is 16.2. The summed E-state index contributed by atoms with van der Waals surface area (Å²) in [5.41, 5.74) is -3.58. The molecule has 0 unspecified atom stereocenters. The topological polar surface area (TPSA) is 300 Å². The molecule has 12 amide bonds. The minimum atomic E-state index is -4.84. The normalized spacial score (nSPS) is 27.2. The monoisotopic (exact) mass is 1560 g/mol. The Kier molecular flexibility index (Phi) is 29.2. The smallest absolute Gasteiger partial charge is 0.391 e. The van der Waals surface area contributed by atoms with Crippen LogP contribution < -0.4 is 16.0 Å². The molecule has 2 saturated carbocycles. The third-order valence-electron chi connectivity index (χ3n) is 22.8. The number of ether oxygens (including phenoxy) is 1. The summed E-state index contributed by atoms with van der Waals surface area (Å²) in [4.78, 5) is 193. The molecular weight excluding hydrogens is 1450 g/mol. The Morgan fingerprint density at radius 3 is 1.89 bits per heavy atom. The van der Waals surface area contributed by atoms with E-state index < -0.39 is 210 Å². The van der Waals surface area contributed by atoms with E-state index in [2.05, 4.69) is 16.0 Å². The van der Waals surface area contributed by atoms with Gasteiger partial charge in [0.15, 0.2) is 0 Å². The SMILES string of the molecule is CCCN1C(=O)[C@@H]2CCN2C(=O)[C@H](C)N(C)C(=O)[C@H]([C@@H](C)CC)NC(=O)[C@H](CC(C)C)N(C)C(=O)C[C@@H](C(=O)N2CCOCC2)N(C)C(=O)[C@H](C2CCCC2)N(C)C(=O)C2(CCCC2)NC(=O)[C@@H]2C[C@H](O)CN2C(=O)[C@H](CCc2ccc(C(F)(F)F)c(Cl)c2)NC(=O)CN(C)C(=O)[C@@H]1Cc1ccc(C(F)(F)F)cc1. The fraction of sp³-hybridized carbons (Fsp3) is 0.684. The molecule has 2 aliphatic carbocycles. The Hall–Kier alpha value is -8.13. The van der Waals surface area contributed by atoms with Crippen LogP contribution in [0.5, 0.6) is 0 Å². The molecule has 6 aliphatic rings. The molecule has 6 fully saturated rings. The van der Waals surface area contributed by atoms with Crippen molar-refractivity contribution < 1.29 is 93.7 Å². The molecule has 4 saturated heterocycles. The molecule has 33 heteroatoms. The predicted molar refractivity (Wildman–Crippen MR) is 388 cm³/mol. The second-order valence-corrected chi connectivity index (χ2v) is 31.2. The molecule has 8 rings (SSSR count). The average Bonchev–Trinajstić information content (AvgIpc) is 1.76. The summed E-state index contributed by atoms with van der Waals surface area (Å²) in [5, 5.41) is 19.2. The zero-order valence-electron chi connectivity index (χ0n) is 64.1. The van der Waals surface area contributed by atoms with E-state index >= 15 is 47.9 Å². The van der Waals surface area contributed by atoms with Crippen molar-refractivity contribution in [3.05, 3.63) is 69.7 Å². The summed E-state index contributed by atoms with van der Waals surface area (Å²) in [6, 6.07) is -6.03. The highest BCUT2D eigenvalue weighted by atomic mass is 35.5. The van der Waals surface area contributed by atoms with E-state index in [1.807, 2.05) is 13.8 Å². The fourth-order valence-electron chi connectivity index (χ4n) is 15.9. The summed E-state index contributed by atoms with van der Waals surface area (Å²) in [6.45, 7) is 9.22. The van der Waals surface area contributed by atoms with Crippen LogP contribution >= 0.6 is 11.6 Å². The number of nitrogens with one attached hydrogen (secondary N) is 3. The van der Waals surface area contributed by atoms with Crippen molar-refractivity contribution >= 4 is 82.5 Å². The largest absolute Gasteiger partial charge is 0.417 e. The number of aliphatic hydroxyl groups is 1. The van der Waals surface area contributed by atoms with Crippen LogP contribution in [0.15, 0.2) is 42.5 Å². The highest BCUT2D eigenvalue weighted by molar-refractivity contribution is 6.31. The first-order valence-corrected chi connectivity index (χ1v) is 38.3. The lowest BCUT2D eigenvalue weighted by atomic mass is 9.90. The molecule has 4 heterocycles. The number of aryl methyl sites for hydroxylation is 1. The second kappa shape index (κ2) is 36.8. The van der Waals surface area contributed by atoms with Gasteiger partial charge in [0.2, 0.25) is 70.9 Å². The van der Waals surface area contributed by atoms with Crippen LogP contribution in [0.1, 0.15) is 160 Å². The van der Waals surface area contributed by atoms with Crippen LogP contribution in [0.2, 0.25) is 5.02 Å². The number of hydrogen-bond donors (Lipinski definition) is 4. The average molecular weight is 1560 g/mol. The maximum Gasteiger partial charge on any atom is 0.417 e. The zero-order chi connectivity index (χ0) is 80.5. The third kappa shape index (κ3) is 20.3. The van der Waals surface area contributed by atoms with Gasteiger partial charge in [-0.2, -0.15) is 26.3 Å².